The van der Waals surface area contributed by atoms with Gasteiger partial charge in [0.15, 0.2) is 17.3 Å². The zero-order valence-electron chi connectivity index (χ0n) is 12.2. The van der Waals surface area contributed by atoms with Gasteiger partial charge < -0.3 is 15.2 Å². The molecule has 0 aliphatic heterocycles. The zero-order valence-corrected chi connectivity index (χ0v) is 12.2. The SMILES string of the molecule is CCc1nc(-c2ccc(OC)c(OC)c2)nc(N)c1C. The molecule has 1 heterocycles. The maximum absolute atomic E-state index is 5.95. The van der Waals surface area contributed by atoms with E-state index in [4.69, 9.17) is 15.2 Å². The average molecular weight is 273 g/mol. The monoisotopic (exact) mass is 273 g/mol. The normalized spacial score (nSPS) is 10.4. The molecule has 0 radical (unpaired) electrons. The van der Waals surface area contributed by atoms with Crippen molar-refractivity contribution in [2.75, 3.05) is 20.0 Å². The molecule has 2 aromatic rings. The maximum Gasteiger partial charge on any atom is 0.161 e. The second-order valence-corrected chi connectivity index (χ2v) is 4.43. The van der Waals surface area contributed by atoms with Gasteiger partial charge in [-0.15, -0.1) is 0 Å². The third-order valence-corrected chi connectivity index (χ3v) is 3.26. The van der Waals surface area contributed by atoms with Crippen molar-refractivity contribution in [3.05, 3.63) is 29.5 Å². The first-order valence-corrected chi connectivity index (χ1v) is 6.46. The van der Waals surface area contributed by atoms with Gasteiger partial charge >= 0.3 is 0 Å². The second-order valence-electron chi connectivity index (χ2n) is 4.43. The molecule has 0 aliphatic rings. The van der Waals surface area contributed by atoms with Gasteiger partial charge in [-0.1, -0.05) is 6.92 Å². The van der Waals surface area contributed by atoms with Gasteiger partial charge in [-0.2, -0.15) is 0 Å². The maximum atomic E-state index is 5.95. The molecule has 2 N–H and O–H groups in total. The molecule has 0 saturated carbocycles. The first-order valence-electron chi connectivity index (χ1n) is 6.46. The number of methoxy groups -OCH3 is 2. The van der Waals surface area contributed by atoms with Crippen molar-refractivity contribution in [2.45, 2.75) is 20.3 Å². The predicted molar refractivity (Wildman–Crippen MR) is 79.1 cm³/mol. The highest BCUT2D eigenvalue weighted by Crippen LogP contribution is 2.31. The number of nitrogens with two attached hydrogens (primary N) is 1. The van der Waals surface area contributed by atoms with Crippen LogP contribution < -0.4 is 15.2 Å². The summed E-state index contributed by atoms with van der Waals surface area (Å²) in [5, 5.41) is 0. The van der Waals surface area contributed by atoms with Crippen molar-refractivity contribution in [2.24, 2.45) is 0 Å². The van der Waals surface area contributed by atoms with Crippen molar-refractivity contribution < 1.29 is 9.47 Å². The van der Waals surface area contributed by atoms with Crippen molar-refractivity contribution in [1.82, 2.24) is 9.97 Å². The lowest BCUT2D eigenvalue weighted by atomic mass is 10.1. The van der Waals surface area contributed by atoms with Crippen molar-refractivity contribution in [3.8, 4) is 22.9 Å². The molecule has 0 saturated heterocycles. The molecule has 5 heteroatoms. The predicted octanol–water partition coefficient (Wildman–Crippen LogP) is 2.61. The van der Waals surface area contributed by atoms with Gasteiger partial charge in [0.2, 0.25) is 0 Å². The Bertz CT molecular complexity index is 627. The highest BCUT2D eigenvalue weighted by Gasteiger charge is 2.11. The molecule has 0 spiro atoms. The molecular formula is C15H19N3O2. The van der Waals surface area contributed by atoms with Crippen molar-refractivity contribution in [3.63, 3.8) is 0 Å². The van der Waals surface area contributed by atoms with E-state index in [1.165, 1.54) is 0 Å². The molecule has 106 valence electrons. The fourth-order valence-electron chi connectivity index (χ4n) is 2.03. The van der Waals surface area contributed by atoms with Crippen LogP contribution in [0.2, 0.25) is 0 Å². The molecule has 0 unspecified atom stereocenters. The van der Waals surface area contributed by atoms with E-state index in [1.807, 2.05) is 32.0 Å². The molecule has 0 amide bonds. The van der Waals surface area contributed by atoms with E-state index in [2.05, 4.69) is 9.97 Å². The summed E-state index contributed by atoms with van der Waals surface area (Å²) in [7, 11) is 3.20. The second kappa shape index (κ2) is 5.77. The lowest BCUT2D eigenvalue weighted by molar-refractivity contribution is 0.355. The fraction of sp³-hybridized carbons (Fsp3) is 0.333. The molecular weight excluding hydrogens is 254 g/mol. The zero-order chi connectivity index (χ0) is 14.7. The van der Waals surface area contributed by atoms with Gasteiger partial charge in [0, 0.05) is 16.8 Å². The summed E-state index contributed by atoms with van der Waals surface area (Å²) in [6, 6.07) is 5.58. The first-order chi connectivity index (χ1) is 9.60. The Balaban J connectivity index is 2.54. The van der Waals surface area contributed by atoms with E-state index in [0.717, 1.165) is 23.2 Å². The van der Waals surface area contributed by atoms with E-state index in [9.17, 15) is 0 Å². The smallest absolute Gasteiger partial charge is 0.161 e. The lowest BCUT2D eigenvalue weighted by Gasteiger charge is -2.11. The molecule has 1 aromatic heterocycles. The summed E-state index contributed by atoms with van der Waals surface area (Å²) >= 11 is 0. The Morgan fingerprint density at radius 1 is 1.10 bits per heavy atom. The van der Waals surface area contributed by atoms with Gasteiger partial charge in [0.25, 0.3) is 0 Å². The number of aromatic nitrogens is 2. The van der Waals surface area contributed by atoms with Gasteiger partial charge in [-0.05, 0) is 31.5 Å². The number of benzene rings is 1. The first kappa shape index (κ1) is 14.1. The quantitative estimate of drug-likeness (QED) is 0.927. The number of hydrogen-bond acceptors (Lipinski definition) is 5. The summed E-state index contributed by atoms with van der Waals surface area (Å²) in [5.41, 5.74) is 8.71. The van der Waals surface area contributed by atoms with Crippen LogP contribution in [0, 0.1) is 6.92 Å². The van der Waals surface area contributed by atoms with Gasteiger partial charge in [-0.25, -0.2) is 9.97 Å². The van der Waals surface area contributed by atoms with Crippen LogP contribution in [-0.2, 0) is 6.42 Å². The Labute approximate surface area is 118 Å². The summed E-state index contributed by atoms with van der Waals surface area (Å²) in [6.07, 6.45) is 0.818. The minimum Gasteiger partial charge on any atom is -0.493 e. The van der Waals surface area contributed by atoms with Gasteiger partial charge in [0.05, 0.1) is 14.2 Å². The molecule has 1 aromatic carbocycles. The molecule has 0 aliphatic carbocycles. The molecule has 0 fully saturated rings. The number of rotatable bonds is 4. The van der Waals surface area contributed by atoms with Crippen LogP contribution in [0.1, 0.15) is 18.2 Å². The standard InChI is InChI=1S/C15H19N3O2/c1-5-11-9(2)14(16)18-15(17-11)10-6-7-12(19-3)13(8-10)20-4/h6-8H,5H2,1-4H3,(H2,16,17,18). The minimum atomic E-state index is 0.515. The largest absolute Gasteiger partial charge is 0.493 e. The topological polar surface area (TPSA) is 70.3 Å². The summed E-state index contributed by atoms with van der Waals surface area (Å²) in [6.45, 7) is 3.99. The number of nitrogen functional groups attached to an aromatic ring is 1. The Kier molecular flexibility index (Phi) is 4.08. The van der Waals surface area contributed by atoms with Crippen LogP contribution in [0.4, 0.5) is 5.82 Å². The minimum absolute atomic E-state index is 0.515. The van der Waals surface area contributed by atoms with E-state index in [0.29, 0.717) is 23.1 Å². The highest BCUT2D eigenvalue weighted by atomic mass is 16.5. The van der Waals surface area contributed by atoms with Crippen LogP contribution >= 0.6 is 0 Å². The molecule has 5 nitrogen and oxygen atoms in total. The Morgan fingerprint density at radius 2 is 1.80 bits per heavy atom. The van der Waals surface area contributed by atoms with E-state index in [-0.39, 0.29) is 0 Å². The average Bonchev–Trinajstić information content (AvgIpc) is 2.49. The number of nitrogens with zero attached hydrogens (tertiary/aromatic N) is 2. The Morgan fingerprint density at radius 3 is 2.40 bits per heavy atom. The third kappa shape index (κ3) is 2.52. The van der Waals surface area contributed by atoms with Gasteiger partial charge in [0.1, 0.15) is 5.82 Å². The lowest BCUT2D eigenvalue weighted by Crippen LogP contribution is -2.04. The van der Waals surface area contributed by atoms with Gasteiger partial charge in [-0.3, -0.25) is 0 Å². The van der Waals surface area contributed by atoms with Crippen LogP contribution in [0.25, 0.3) is 11.4 Å². The van der Waals surface area contributed by atoms with E-state index in [1.54, 1.807) is 14.2 Å². The number of aryl methyl sites for hydroxylation is 1. The number of hydrogen-bond donors (Lipinski definition) is 1. The summed E-state index contributed by atoms with van der Waals surface area (Å²) in [5.74, 6) is 2.44. The molecule has 20 heavy (non-hydrogen) atoms. The fourth-order valence-corrected chi connectivity index (χ4v) is 2.03. The molecule has 0 atom stereocenters. The highest BCUT2D eigenvalue weighted by molar-refractivity contribution is 5.63. The van der Waals surface area contributed by atoms with Crippen LogP contribution in [0.15, 0.2) is 18.2 Å². The molecule has 2 rings (SSSR count). The number of anilines is 1. The number of ether oxygens (including phenoxy) is 2. The summed E-state index contributed by atoms with van der Waals surface area (Å²) < 4.78 is 10.5. The van der Waals surface area contributed by atoms with Crippen LogP contribution in [0.5, 0.6) is 11.5 Å². The summed E-state index contributed by atoms with van der Waals surface area (Å²) in [4.78, 5) is 8.92. The van der Waals surface area contributed by atoms with Crippen LogP contribution in [-0.4, -0.2) is 24.2 Å². The van der Waals surface area contributed by atoms with Crippen molar-refractivity contribution in [1.29, 1.82) is 0 Å². The van der Waals surface area contributed by atoms with Crippen molar-refractivity contribution >= 4 is 5.82 Å². The van der Waals surface area contributed by atoms with Crippen LogP contribution in [0.3, 0.4) is 0 Å². The van der Waals surface area contributed by atoms with E-state index >= 15 is 0 Å². The van der Waals surface area contributed by atoms with E-state index < -0.39 is 0 Å². The third-order valence-electron chi connectivity index (χ3n) is 3.26. The molecule has 0 bridgehead atoms. The Hall–Kier alpha value is -2.30.